The molecule has 1 aromatic carbocycles. The minimum absolute atomic E-state index is 0.0280. The van der Waals surface area contributed by atoms with E-state index in [1.165, 1.54) is 29.2 Å². The standard InChI is InChI=1S/C11H10F3N3/c1-7-5-16-17(6-7)10-3-2-8(15)4-9(10)11(12,13)14/h2-6H,15H2,1H3. The predicted molar refractivity (Wildman–Crippen MR) is 57.7 cm³/mol. The van der Waals surface area contributed by atoms with Crippen molar-refractivity contribution in [1.82, 2.24) is 9.78 Å². The van der Waals surface area contributed by atoms with Crippen LogP contribution >= 0.6 is 0 Å². The Morgan fingerprint density at radius 1 is 1.29 bits per heavy atom. The van der Waals surface area contributed by atoms with Crippen LogP contribution in [-0.2, 0) is 6.18 Å². The van der Waals surface area contributed by atoms with Crippen LogP contribution in [-0.4, -0.2) is 9.78 Å². The van der Waals surface area contributed by atoms with Gasteiger partial charge in [0.15, 0.2) is 0 Å². The third-order valence-electron chi connectivity index (χ3n) is 2.28. The van der Waals surface area contributed by atoms with Crippen LogP contribution in [0.5, 0.6) is 0 Å². The summed E-state index contributed by atoms with van der Waals surface area (Å²) in [4.78, 5) is 0. The summed E-state index contributed by atoms with van der Waals surface area (Å²) in [6, 6.07) is 3.64. The number of anilines is 1. The van der Waals surface area contributed by atoms with Gasteiger partial charge in [0.05, 0.1) is 17.4 Å². The molecule has 2 N–H and O–H groups in total. The van der Waals surface area contributed by atoms with Gasteiger partial charge in [-0.25, -0.2) is 4.68 Å². The van der Waals surface area contributed by atoms with Crippen molar-refractivity contribution < 1.29 is 13.2 Å². The zero-order valence-corrected chi connectivity index (χ0v) is 8.99. The van der Waals surface area contributed by atoms with Crippen LogP contribution < -0.4 is 5.73 Å². The fourth-order valence-electron chi connectivity index (χ4n) is 1.53. The van der Waals surface area contributed by atoms with Crippen LogP contribution in [0.25, 0.3) is 5.69 Å². The molecule has 90 valence electrons. The number of hydrogen-bond donors (Lipinski definition) is 1. The largest absolute Gasteiger partial charge is 0.418 e. The number of rotatable bonds is 1. The van der Waals surface area contributed by atoms with Crippen molar-refractivity contribution in [2.24, 2.45) is 0 Å². The molecule has 0 spiro atoms. The maximum absolute atomic E-state index is 12.8. The summed E-state index contributed by atoms with van der Waals surface area (Å²) >= 11 is 0. The van der Waals surface area contributed by atoms with Crippen LogP contribution in [0.15, 0.2) is 30.6 Å². The van der Waals surface area contributed by atoms with Crippen LogP contribution in [0.2, 0.25) is 0 Å². The zero-order chi connectivity index (χ0) is 12.6. The molecule has 0 fully saturated rings. The summed E-state index contributed by atoms with van der Waals surface area (Å²) in [5.41, 5.74) is 5.42. The van der Waals surface area contributed by atoms with Crippen LogP contribution in [0.4, 0.5) is 18.9 Å². The van der Waals surface area contributed by atoms with Gasteiger partial charge in [0, 0.05) is 11.9 Å². The molecule has 0 saturated heterocycles. The van der Waals surface area contributed by atoms with E-state index < -0.39 is 11.7 Å². The Hall–Kier alpha value is -1.98. The molecule has 0 aliphatic heterocycles. The van der Waals surface area contributed by atoms with E-state index in [2.05, 4.69) is 5.10 Å². The number of nitrogen functional groups attached to an aromatic ring is 1. The molecule has 1 aromatic heterocycles. The summed E-state index contributed by atoms with van der Waals surface area (Å²) < 4.78 is 39.7. The average Bonchev–Trinajstić information content (AvgIpc) is 2.63. The lowest BCUT2D eigenvalue weighted by Gasteiger charge is -2.13. The molecule has 0 bridgehead atoms. The number of nitrogens with zero attached hydrogens (tertiary/aromatic N) is 2. The van der Waals surface area contributed by atoms with Crippen molar-refractivity contribution in [2.45, 2.75) is 13.1 Å². The monoisotopic (exact) mass is 241 g/mol. The predicted octanol–water partition coefficient (Wildman–Crippen LogP) is 2.78. The number of alkyl halides is 3. The van der Waals surface area contributed by atoms with E-state index in [9.17, 15) is 13.2 Å². The Morgan fingerprint density at radius 3 is 2.53 bits per heavy atom. The van der Waals surface area contributed by atoms with Crippen molar-refractivity contribution in [3.63, 3.8) is 0 Å². The maximum atomic E-state index is 12.8. The highest BCUT2D eigenvalue weighted by atomic mass is 19.4. The smallest absolute Gasteiger partial charge is 0.399 e. The molecule has 6 heteroatoms. The third kappa shape index (κ3) is 2.25. The van der Waals surface area contributed by atoms with E-state index >= 15 is 0 Å². The minimum atomic E-state index is -4.45. The highest BCUT2D eigenvalue weighted by molar-refractivity contribution is 5.52. The van der Waals surface area contributed by atoms with E-state index in [0.29, 0.717) is 0 Å². The first-order chi connectivity index (χ1) is 7.88. The molecule has 0 atom stereocenters. The van der Waals surface area contributed by atoms with Gasteiger partial charge in [0.1, 0.15) is 0 Å². The van der Waals surface area contributed by atoms with Gasteiger partial charge in [0.25, 0.3) is 0 Å². The normalized spacial score (nSPS) is 11.8. The molecule has 1 heterocycles. The van der Waals surface area contributed by atoms with Gasteiger partial charge in [-0.15, -0.1) is 0 Å². The first-order valence-corrected chi connectivity index (χ1v) is 4.86. The quantitative estimate of drug-likeness (QED) is 0.780. The number of halogens is 3. The lowest BCUT2D eigenvalue weighted by molar-refractivity contribution is -0.137. The Labute approximate surface area is 95.7 Å². The van der Waals surface area contributed by atoms with E-state index in [1.54, 1.807) is 6.92 Å². The van der Waals surface area contributed by atoms with E-state index in [-0.39, 0.29) is 11.4 Å². The zero-order valence-electron chi connectivity index (χ0n) is 8.99. The highest BCUT2D eigenvalue weighted by Gasteiger charge is 2.34. The highest BCUT2D eigenvalue weighted by Crippen LogP contribution is 2.34. The second kappa shape index (κ2) is 3.80. The summed E-state index contributed by atoms with van der Waals surface area (Å²) in [5.74, 6) is 0. The Bertz CT molecular complexity index is 543. The number of hydrogen-bond acceptors (Lipinski definition) is 2. The Balaban J connectivity index is 2.61. The molecule has 0 saturated carbocycles. The summed E-state index contributed by atoms with van der Waals surface area (Å²) in [6.07, 6.45) is -1.43. The average molecular weight is 241 g/mol. The SMILES string of the molecule is Cc1cnn(-c2ccc(N)cc2C(F)(F)F)c1. The van der Waals surface area contributed by atoms with Gasteiger partial charge in [-0.2, -0.15) is 18.3 Å². The van der Waals surface area contributed by atoms with E-state index in [1.807, 2.05) is 0 Å². The molecule has 2 rings (SSSR count). The fraction of sp³-hybridized carbons (Fsp3) is 0.182. The Morgan fingerprint density at radius 2 is 2.00 bits per heavy atom. The molecule has 0 aliphatic rings. The van der Waals surface area contributed by atoms with Crippen molar-refractivity contribution in [2.75, 3.05) is 5.73 Å². The Kier molecular flexibility index (Phi) is 2.57. The number of aromatic nitrogens is 2. The van der Waals surface area contributed by atoms with Gasteiger partial charge in [-0.1, -0.05) is 0 Å². The maximum Gasteiger partial charge on any atom is 0.418 e. The number of aryl methyl sites for hydroxylation is 1. The summed E-state index contributed by atoms with van der Waals surface area (Å²) in [7, 11) is 0. The van der Waals surface area contributed by atoms with Crippen LogP contribution in [0.3, 0.4) is 0 Å². The second-order valence-corrected chi connectivity index (χ2v) is 3.74. The van der Waals surface area contributed by atoms with E-state index in [4.69, 9.17) is 5.73 Å². The lowest BCUT2D eigenvalue weighted by atomic mass is 10.1. The van der Waals surface area contributed by atoms with Crippen LogP contribution in [0, 0.1) is 6.92 Å². The first-order valence-electron chi connectivity index (χ1n) is 4.86. The molecule has 0 amide bonds. The first kappa shape index (κ1) is 11.5. The minimum Gasteiger partial charge on any atom is -0.399 e. The van der Waals surface area contributed by atoms with Gasteiger partial charge in [0.2, 0.25) is 0 Å². The molecule has 0 aliphatic carbocycles. The van der Waals surface area contributed by atoms with Crippen LogP contribution in [0.1, 0.15) is 11.1 Å². The van der Waals surface area contributed by atoms with Gasteiger partial charge in [-0.05, 0) is 30.7 Å². The molecular weight excluding hydrogens is 231 g/mol. The summed E-state index contributed by atoms with van der Waals surface area (Å²) in [6.45, 7) is 1.76. The molecule has 17 heavy (non-hydrogen) atoms. The molecule has 3 nitrogen and oxygen atoms in total. The van der Waals surface area contributed by atoms with Gasteiger partial charge in [-0.3, -0.25) is 0 Å². The molecule has 0 unspecified atom stereocenters. The molecular formula is C11H10F3N3. The van der Waals surface area contributed by atoms with Gasteiger partial charge >= 0.3 is 6.18 Å². The van der Waals surface area contributed by atoms with Crippen molar-refractivity contribution in [3.05, 3.63) is 41.7 Å². The lowest BCUT2D eigenvalue weighted by Crippen LogP contribution is -2.11. The van der Waals surface area contributed by atoms with E-state index in [0.717, 1.165) is 11.6 Å². The third-order valence-corrected chi connectivity index (χ3v) is 2.28. The van der Waals surface area contributed by atoms with Gasteiger partial charge < -0.3 is 5.73 Å². The molecule has 0 radical (unpaired) electrons. The van der Waals surface area contributed by atoms with Crippen molar-refractivity contribution in [1.29, 1.82) is 0 Å². The fourth-order valence-corrected chi connectivity index (χ4v) is 1.53. The summed E-state index contributed by atoms with van der Waals surface area (Å²) in [5, 5.41) is 3.87. The van der Waals surface area contributed by atoms with Crippen molar-refractivity contribution in [3.8, 4) is 5.69 Å². The number of benzene rings is 1. The van der Waals surface area contributed by atoms with Crippen molar-refractivity contribution >= 4 is 5.69 Å². The topological polar surface area (TPSA) is 43.8 Å². The second-order valence-electron chi connectivity index (χ2n) is 3.74. The molecule has 2 aromatic rings. The number of nitrogens with two attached hydrogens (primary N) is 1.